The van der Waals surface area contributed by atoms with Crippen molar-refractivity contribution < 1.29 is 0 Å². The molecule has 0 amide bonds. The highest BCUT2D eigenvalue weighted by molar-refractivity contribution is 7.78. The molecule has 1 unspecified atom stereocenters. The van der Waals surface area contributed by atoms with Gasteiger partial charge < -0.3 is 4.90 Å². The van der Waals surface area contributed by atoms with Crippen molar-refractivity contribution in [2.45, 2.75) is 46.1 Å². The van der Waals surface area contributed by atoms with Gasteiger partial charge in [-0.15, -0.1) is 0 Å². The molecule has 65 valence electrons. The predicted molar refractivity (Wildman–Crippen MR) is 54.0 cm³/mol. The molecule has 1 nitrogen and oxygen atoms in total. The molecule has 0 bridgehead atoms. The third kappa shape index (κ3) is 4.35. The minimum absolute atomic E-state index is 0.555. The Bertz CT molecular complexity index is 104. The van der Waals surface area contributed by atoms with E-state index in [-0.39, 0.29) is 0 Å². The van der Waals surface area contributed by atoms with Gasteiger partial charge >= 0.3 is 0 Å². The van der Waals surface area contributed by atoms with Crippen LogP contribution < -0.4 is 0 Å². The number of hydrogen-bond acceptors (Lipinski definition) is 1. The van der Waals surface area contributed by atoms with E-state index >= 15 is 0 Å². The summed E-state index contributed by atoms with van der Waals surface area (Å²) >= 11 is 4.81. The maximum atomic E-state index is 4.81. The molecule has 2 heteroatoms. The zero-order valence-electron chi connectivity index (χ0n) is 7.76. The van der Waals surface area contributed by atoms with Gasteiger partial charge in [-0.25, -0.2) is 0 Å². The number of hydrogen-bond donors (Lipinski definition) is 0. The summed E-state index contributed by atoms with van der Waals surface area (Å²) in [6.07, 6.45) is 3.59. The summed E-state index contributed by atoms with van der Waals surface area (Å²) in [4.78, 5) is 2.12. The highest BCUT2D eigenvalue weighted by Crippen LogP contribution is 2.02. The van der Waals surface area contributed by atoms with E-state index in [0.717, 1.165) is 13.0 Å². The third-order valence-electron chi connectivity index (χ3n) is 1.99. The molecular formula is C9H18NS. The molecule has 0 aromatic carbocycles. The van der Waals surface area contributed by atoms with Crippen molar-refractivity contribution in [2.24, 2.45) is 0 Å². The molecule has 0 saturated carbocycles. The molecule has 1 radical (unpaired) electrons. The zero-order chi connectivity index (χ0) is 8.69. The van der Waals surface area contributed by atoms with Gasteiger partial charge in [0.1, 0.15) is 5.49 Å². The highest BCUT2D eigenvalue weighted by atomic mass is 32.1. The molecule has 0 aromatic rings. The van der Waals surface area contributed by atoms with Crippen LogP contribution in [0.25, 0.3) is 0 Å². The van der Waals surface area contributed by atoms with Crippen LogP contribution in [0.4, 0.5) is 0 Å². The van der Waals surface area contributed by atoms with Crippen molar-refractivity contribution in [2.75, 3.05) is 6.54 Å². The Morgan fingerprint density at radius 2 is 2.09 bits per heavy atom. The summed E-state index contributed by atoms with van der Waals surface area (Å²) < 4.78 is 0. The van der Waals surface area contributed by atoms with E-state index < -0.39 is 0 Å². The number of nitrogens with zero attached hydrogens (tertiary/aromatic N) is 1. The van der Waals surface area contributed by atoms with Crippen molar-refractivity contribution in [3.05, 3.63) is 0 Å². The second-order valence-corrected chi connectivity index (χ2v) is 3.08. The van der Waals surface area contributed by atoms with E-state index in [1.165, 1.54) is 12.8 Å². The lowest BCUT2D eigenvalue weighted by Crippen LogP contribution is -2.31. The lowest BCUT2D eigenvalue weighted by Gasteiger charge is -2.24. The van der Waals surface area contributed by atoms with Crippen LogP contribution in [0.3, 0.4) is 0 Å². The second-order valence-electron chi connectivity index (χ2n) is 2.90. The first-order valence-electron chi connectivity index (χ1n) is 4.40. The van der Waals surface area contributed by atoms with Gasteiger partial charge in [0.15, 0.2) is 0 Å². The van der Waals surface area contributed by atoms with Gasteiger partial charge in [-0.3, -0.25) is 0 Å². The molecule has 0 heterocycles. The molecule has 1 atom stereocenters. The molecule has 0 saturated heterocycles. The minimum atomic E-state index is 0.555. The first kappa shape index (κ1) is 10.9. The fourth-order valence-corrected chi connectivity index (χ4v) is 1.18. The Kier molecular flexibility index (Phi) is 6.52. The summed E-state index contributed by atoms with van der Waals surface area (Å²) in [5.74, 6) is 0. The Morgan fingerprint density at radius 1 is 1.45 bits per heavy atom. The van der Waals surface area contributed by atoms with E-state index in [0.29, 0.717) is 6.04 Å². The van der Waals surface area contributed by atoms with Crippen LogP contribution in [0.2, 0.25) is 0 Å². The summed E-state index contributed by atoms with van der Waals surface area (Å²) in [5, 5.41) is 0. The SMILES string of the molecule is CCCCN([C]=S)C(C)CC. The Morgan fingerprint density at radius 3 is 2.45 bits per heavy atom. The largest absolute Gasteiger partial charge is 0.358 e. The lowest BCUT2D eigenvalue weighted by atomic mass is 10.2. The standard InChI is InChI=1S/C9H18NS/c1-4-6-7-10(8-11)9(3)5-2/h9H,4-7H2,1-3H3. The van der Waals surface area contributed by atoms with Crippen molar-refractivity contribution in [3.8, 4) is 0 Å². The topological polar surface area (TPSA) is 3.24 Å². The van der Waals surface area contributed by atoms with Crippen LogP contribution in [-0.2, 0) is 0 Å². The summed E-state index contributed by atoms with van der Waals surface area (Å²) in [6, 6.07) is 0.555. The van der Waals surface area contributed by atoms with Crippen LogP contribution in [-0.4, -0.2) is 23.0 Å². The van der Waals surface area contributed by atoms with Crippen LogP contribution in [0.1, 0.15) is 40.0 Å². The average Bonchev–Trinajstić information content (AvgIpc) is 2.05. The van der Waals surface area contributed by atoms with Crippen molar-refractivity contribution in [3.63, 3.8) is 0 Å². The summed E-state index contributed by atoms with van der Waals surface area (Å²) in [6.45, 7) is 7.62. The van der Waals surface area contributed by atoms with Crippen molar-refractivity contribution >= 4 is 17.7 Å². The lowest BCUT2D eigenvalue weighted by molar-refractivity contribution is 0.330. The normalized spacial score (nSPS) is 12.6. The van der Waals surface area contributed by atoms with Crippen LogP contribution >= 0.6 is 12.2 Å². The first-order valence-corrected chi connectivity index (χ1v) is 4.81. The molecule has 0 aliphatic rings. The Balaban J connectivity index is 3.65. The fourth-order valence-electron chi connectivity index (χ4n) is 0.905. The number of thiocarbonyl (C=S) groups is 1. The van der Waals surface area contributed by atoms with Crippen LogP contribution in [0.5, 0.6) is 0 Å². The van der Waals surface area contributed by atoms with Gasteiger partial charge in [-0.1, -0.05) is 32.5 Å². The molecule has 0 aliphatic heterocycles. The molecule has 0 spiro atoms. The van der Waals surface area contributed by atoms with Crippen LogP contribution in [0.15, 0.2) is 0 Å². The van der Waals surface area contributed by atoms with E-state index in [1.54, 1.807) is 0 Å². The molecule has 11 heavy (non-hydrogen) atoms. The van der Waals surface area contributed by atoms with E-state index in [1.807, 2.05) is 0 Å². The summed E-state index contributed by atoms with van der Waals surface area (Å²) in [5.41, 5.74) is 2.80. The maximum absolute atomic E-state index is 4.81. The monoisotopic (exact) mass is 172 g/mol. The van der Waals surface area contributed by atoms with Crippen LogP contribution in [0, 0.1) is 0 Å². The molecule has 0 fully saturated rings. The van der Waals surface area contributed by atoms with E-state index in [9.17, 15) is 0 Å². The van der Waals surface area contributed by atoms with Gasteiger partial charge in [0.05, 0.1) is 0 Å². The molecule has 0 rings (SSSR count). The third-order valence-corrected chi connectivity index (χ3v) is 2.23. The number of rotatable bonds is 6. The Hall–Kier alpha value is -0.110. The van der Waals surface area contributed by atoms with Gasteiger partial charge in [-0.2, -0.15) is 0 Å². The molecule has 0 N–H and O–H groups in total. The first-order chi connectivity index (χ1) is 5.26. The zero-order valence-corrected chi connectivity index (χ0v) is 8.58. The number of unbranched alkanes of at least 4 members (excludes halogenated alkanes) is 1. The van der Waals surface area contributed by atoms with Crippen molar-refractivity contribution in [1.82, 2.24) is 4.90 Å². The quantitative estimate of drug-likeness (QED) is 0.448. The highest BCUT2D eigenvalue weighted by Gasteiger charge is 2.06. The van der Waals surface area contributed by atoms with Crippen molar-refractivity contribution in [1.29, 1.82) is 0 Å². The minimum Gasteiger partial charge on any atom is -0.358 e. The van der Waals surface area contributed by atoms with E-state index in [4.69, 9.17) is 12.2 Å². The van der Waals surface area contributed by atoms with Gasteiger partial charge in [0, 0.05) is 12.6 Å². The van der Waals surface area contributed by atoms with Gasteiger partial charge in [0.25, 0.3) is 0 Å². The average molecular weight is 172 g/mol. The smallest absolute Gasteiger partial charge is 0.137 e. The fraction of sp³-hybridized carbons (Fsp3) is 0.889. The predicted octanol–water partition coefficient (Wildman–Crippen LogP) is 2.72. The second kappa shape index (κ2) is 6.59. The molecule has 0 aromatic heterocycles. The molecule has 0 aliphatic carbocycles. The van der Waals surface area contributed by atoms with E-state index in [2.05, 4.69) is 31.2 Å². The maximum Gasteiger partial charge on any atom is 0.137 e. The summed E-state index contributed by atoms with van der Waals surface area (Å²) in [7, 11) is 0. The Labute approximate surface area is 75.8 Å². The van der Waals surface area contributed by atoms with Gasteiger partial charge in [-0.05, 0) is 19.8 Å². The molecular weight excluding hydrogens is 154 g/mol. The van der Waals surface area contributed by atoms with Gasteiger partial charge in [0.2, 0.25) is 0 Å².